The van der Waals surface area contributed by atoms with E-state index in [2.05, 4.69) is 21.2 Å². The molecule has 1 aromatic rings. The fourth-order valence-electron chi connectivity index (χ4n) is 1.37. The summed E-state index contributed by atoms with van der Waals surface area (Å²) in [5.74, 6) is 1.34. The van der Waals surface area contributed by atoms with E-state index in [0.29, 0.717) is 12.3 Å². The molecule has 0 aliphatic rings. The van der Waals surface area contributed by atoms with Gasteiger partial charge in [0, 0.05) is 16.8 Å². The highest BCUT2D eigenvalue weighted by Gasteiger charge is 2.08. The highest BCUT2D eigenvalue weighted by Crippen LogP contribution is 2.16. The normalized spacial score (nSPS) is 12.2. The van der Waals surface area contributed by atoms with E-state index in [-0.39, 0.29) is 11.9 Å². The summed E-state index contributed by atoms with van der Waals surface area (Å²) < 4.78 is 1.04. The first-order valence-electron chi connectivity index (χ1n) is 5.46. The smallest absolute Gasteiger partial charge is 0.230 e. The summed E-state index contributed by atoms with van der Waals surface area (Å²) >= 11 is 4.94. The number of nitrogens with one attached hydrogen (secondary N) is 1. The van der Waals surface area contributed by atoms with Crippen molar-refractivity contribution in [1.29, 1.82) is 0 Å². The van der Waals surface area contributed by atoms with Crippen LogP contribution in [-0.2, 0) is 4.79 Å². The molecule has 0 saturated heterocycles. The molecule has 94 valence electrons. The SMILES string of the molecule is CC(NC(=O)CSCCN)c1ccc(Br)cc1. The fourth-order valence-corrected chi connectivity index (χ4v) is 2.21. The van der Waals surface area contributed by atoms with E-state index in [1.807, 2.05) is 31.2 Å². The molecule has 3 nitrogen and oxygen atoms in total. The second-order valence-electron chi connectivity index (χ2n) is 3.68. The number of halogens is 1. The molecule has 0 bridgehead atoms. The highest BCUT2D eigenvalue weighted by molar-refractivity contribution is 9.10. The maximum atomic E-state index is 11.6. The first-order valence-corrected chi connectivity index (χ1v) is 7.41. The number of amides is 1. The van der Waals surface area contributed by atoms with Crippen LogP contribution in [0.2, 0.25) is 0 Å². The number of thioether (sulfide) groups is 1. The minimum atomic E-state index is 0.0362. The van der Waals surface area contributed by atoms with Crippen LogP contribution in [0.3, 0.4) is 0 Å². The summed E-state index contributed by atoms with van der Waals surface area (Å²) in [6, 6.07) is 7.99. The van der Waals surface area contributed by atoms with Gasteiger partial charge in [0.05, 0.1) is 11.8 Å². The Bertz CT molecular complexity index is 356. The predicted octanol–water partition coefficient (Wildman–Crippen LogP) is 2.32. The average Bonchev–Trinajstić information content (AvgIpc) is 2.30. The van der Waals surface area contributed by atoms with Gasteiger partial charge >= 0.3 is 0 Å². The Labute approximate surface area is 115 Å². The lowest BCUT2D eigenvalue weighted by Gasteiger charge is -2.14. The van der Waals surface area contributed by atoms with Crippen molar-refractivity contribution in [3.63, 3.8) is 0 Å². The van der Waals surface area contributed by atoms with Gasteiger partial charge in [-0.2, -0.15) is 11.8 Å². The van der Waals surface area contributed by atoms with E-state index in [1.165, 1.54) is 0 Å². The Kier molecular flexibility index (Phi) is 6.62. The summed E-state index contributed by atoms with van der Waals surface area (Å²) in [6.45, 7) is 2.59. The number of carbonyl (C=O) groups is 1. The minimum Gasteiger partial charge on any atom is -0.349 e. The van der Waals surface area contributed by atoms with E-state index >= 15 is 0 Å². The van der Waals surface area contributed by atoms with Crippen LogP contribution < -0.4 is 11.1 Å². The summed E-state index contributed by atoms with van der Waals surface area (Å²) in [5.41, 5.74) is 6.47. The Morgan fingerprint density at radius 2 is 2.12 bits per heavy atom. The third-order valence-corrected chi connectivity index (χ3v) is 3.76. The Morgan fingerprint density at radius 1 is 1.47 bits per heavy atom. The molecule has 0 aliphatic carbocycles. The molecular formula is C12H17BrN2OS. The topological polar surface area (TPSA) is 55.1 Å². The molecule has 5 heteroatoms. The number of carbonyl (C=O) groups excluding carboxylic acids is 1. The van der Waals surface area contributed by atoms with Gasteiger partial charge in [-0.25, -0.2) is 0 Å². The summed E-state index contributed by atoms with van der Waals surface area (Å²) in [6.07, 6.45) is 0. The number of hydrogen-bond donors (Lipinski definition) is 2. The van der Waals surface area contributed by atoms with Crippen LogP contribution in [0.5, 0.6) is 0 Å². The maximum absolute atomic E-state index is 11.6. The minimum absolute atomic E-state index is 0.0362. The third kappa shape index (κ3) is 5.57. The van der Waals surface area contributed by atoms with Crippen LogP contribution >= 0.6 is 27.7 Å². The quantitative estimate of drug-likeness (QED) is 0.792. The molecule has 0 aromatic heterocycles. The van der Waals surface area contributed by atoms with Crippen LogP contribution in [0.25, 0.3) is 0 Å². The molecule has 0 fully saturated rings. The molecule has 1 unspecified atom stereocenters. The van der Waals surface area contributed by atoms with Gasteiger partial charge in [0.1, 0.15) is 0 Å². The zero-order valence-corrected chi connectivity index (χ0v) is 12.2. The standard InChI is InChI=1S/C12H17BrN2OS/c1-9(10-2-4-11(13)5-3-10)15-12(16)8-17-7-6-14/h2-5,9H,6-8,14H2,1H3,(H,15,16). The van der Waals surface area contributed by atoms with Crippen molar-refractivity contribution in [2.75, 3.05) is 18.1 Å². The van der Waals surface area contributed by atoms with E-state index in [0.717, 1.165) is 15.8 Å². The van der Waals surface area contributed by atoms with Crippen molar-refractivity contribution in [1.82, 2.24) is 5.32 Å². The van der Waals surface area contributed by atoms with Gasteiger partial charge in [0.25, 0.3) is 0 Å². The van der Waals surface area contributed by atoms with E-state index in [4.69, 9.17) is 5.73 Å². The van der Waals surface area contributed by atoms with E-state index in [9.17, 15) is 4.79 Å². The monoisotopic (exact) mass is 316 g/mol. The lowest BCUT2D eigenvalue weighted by atomic mass is 10.1. The summed E-state index contributed by atoms with van der Waals surface area (Å²) in [4.78, 5) is 11.6. The fraction of sp³-hybridized carbons (Fsp3) is 0.417. The zero-order valence-electron chi connectivity index (χ0n) is 9.78. The van der Waals surface area contributed by atoms with Crippen molar-refractivity contribution in [2.24, 2.45) is 5.73 Å². The van der Waals surface area contributed by atoms with Gasteiger partial charge in [0.2, 0.25) is 5.91 Å². The maximum Gasteiger partial charge on any atom is 0.230 e. The van der Waals surface area contributed by atoms with Gasteiger partial charge in [0.15, 0.2) is 0 Å². The van der Waals surface area contributed by atoms with Crippen molar-refractivity contribution in [3.05, 3.63) is 34.3 Å². The number of benzene rings is 1. The van der Waals surface area contributed by atoms with Gasteiger partial charge in [-0.15, -0.1) is 0 Å². The molecule has 0 aliphatic heterocycles. The molecule has 3 N–H and O–H groups in total. The Hall–Kier alpha value is -0.520. The average molecular weight is 317 g/mol. The lowest BCUT2D eigenvalue weighted by Crippen LogP contribution is -2.28. The van der Waals surface area contributed by atoms with Crippen LogP contribution in [0.4, 0.5) is 0 Å². The Morgan fingerprint density at radius 3 is 2.71 bits per heavy atom. The number of nitrogens with two attached hydrogens (primary N) is 1. The van der Waals surface area contributed by atoms with Crippen LogP contribution in [0.15, 0.2) is 28.7 Å². The van der Waals surface area contributed by atoms with Gasteiger partial charge in [-0.05, 0) is 24.6 Å². The first-order chi connectivity index (χ1) is 8.13. The van der Waals surface area contributed by atoms with Gasteiger partial charge < -0.3 is 11.1 Å². The molecule has 1 amide bonds. The zero-order chi connectivity index (χ0) is 12.7. The number of hydrogen-bond acceptors (Lipinski definition) is 3. The van der Waals surface area contributed by atoms with Crippen molar-refractivity contribution in [3.8, 4) is 0 Å². The van der Waals surface area contributed by atoms with E-state index in [1.54, 1.807) is 11.8 Å². The van der Waals surface area contributed by atoms with Gasteiger partial charge in [-0.1, -0.05) is 28.1 Å². The molecule has 1 rings (SSSR count). The van der Waals surface area contributed by atoms with E-state index < -0.39 is 0 Å². The second-order valence-corrected chi connectivity index (χ2v) is 5.70. The molecule has 0 radical (unpaired) electrons. The summed E-state index contributed by atoms with van der Waals surface area (Å²) in [5, 5.41) is 2.96. The second kappa shape index (κ2) is 7.74. The van der Waals surface area contributed by atoms with Gasteiger partial charge in [-0.3, -0.25) is 4.79 Å². The predicted molar refractivity (Wildman–Crippen MR) is 77.1 cm³/mol. The molecule has 0 spiro atoms. The van der Waals surface area contributed by atoms with Crippen molar-refractivity contribution >= 4 is 33.6 Å². The lowest BCUT2D eigenvalue weighted by molar-refractivity contribution is -0.119. The molecule has 0 heterocycles. The molecule has 1 aromatic carbocycles. The third-order valence-electron chi connectivity index (χ3n) is 2.24. The van der Waals surface area contributed by atoms with Crippen molar-refractivity contribution in [2.45, 2.75) is 13.0 Å². The Balaban J connectivity index is 2.40. The van der Waals surface area contributed by atoms with Crippen LogP contribution in [0.1, 0.15) is 18.5 Å². The molecule has 17 heavy (non-hydrogen) atoms. The number of rotatable bonds is 6. The largest absolute Gasteiger partial charge is 0.349 e. The molecule has 0 saturated carbocycles. The molecule has 1 atom stereocenters. The molecular weight excluding hydrogens is 300 g/mol. The van der Waals surface area contributed by atoms with Crippen LogP contribution in [0, 0.1) is 0 Å². The van der Waals surface area contributed by atoms with Crippen LogP contribution in [-0.4, -0.2) is 24.0 Å². The summed E-state index contributed by atoms with van der Waals surface area (Å²) in [7, 11) is 0. The van der Waals surface area contributed by atoms with Crippen molar-refractivity contribution < 1.29 is 4.79 Å². The highest BCUT2D eigenvalue weighted by atomic mass is 79.9. The first kappa shape index (κ1) is 14.5.